The predicted molar refractivity (Wildman–Crippen MR) is 80.2 cm³/mol. The minimum atomic E-state index is -0.824. The minimum absolute atomic E-state index is 0.0697. The minimum Gasteiger partial charge on any atom is -0.491 e. The Morgan fingerprint density at radius 3 is 2.52 bits per heavy atom. The van der Waals surface area contributed by atoms with Gasteiger partial charge in [0.2, 0.25) is 5.91 Å². The molecule has 0 bridgehead atoms. The molecule has 0 spiro atoms. The van der Waals surface area contributed by atoms with Crippen molar-refractivity contribution in [2.45, 2.75) is 52.2 Å². The van der Waals surface area contributed by atoms with Crippen molar-refractivity contribution >= 4 is 11.9 Å². The van der Waals surface area contributed by atoms with Crippen molar-refractivity contribution in [2.75, 3.05) is 0 Å². The van der Waals surface area contributed by atoms with E-state index in [4.69, 9.17) is 9.84 Å². The lowest BCUT2D eigenvalue weighted by atomic mass is 10.1. The van der Waals surface area contributed by atoms with Crippen LogP contribution in [0.1, 0.15) is 45.1 Å². The number of nitrogens with one attached hydrogen (secondary N) is 1. The molecule has 0 aromatic heterocycles. The molecule has 0 saturated carbocycles. The molecule has 0 aliphatic rings. The lowest BCUT2D eigenvalue weighted by molar-refractivity contribution is -0.137. The Bertz CT molecular complexity index is 471. The monoisotopic (exact) mass is 293 g/mol. The van der Waals surface area contributed by atoms with E-state index in [-0.39, 0.29) is 18.4 Å². The smallest absolute Gasteiger partial charge is 0.303 e. The Hall–Kier alpha value is -2.04. The van der Waals surface area contributed by atoms with Gasteiger partial charge in [0.15, 0.2) is 0 Å². The van der Waals surface area contributed by atoms with Crippen molar-refractivity contribution in [3.63, 3.8) is 0 Å². The van der Waals surface area contributed by atoms with Crippen LogP contribution in [0.3, 0.4) is 0 Å². The summed E-state index contributed by atoms with van der Waals surface area (Å²) in [4.78, 5) is 22.1. The van der Waals surface area contributed by atoms with Gasteiger partial charge in [-0.25, -0.2) is 0 Å². The SMILES string of the molecule is CC(C)Oc1ccccc1CNC(=O)CCCCC(=O)O. The number of amides is 1. The van der Waals surface area contributed by atoms with Crippen molar-refractivity contribution in [2.24, 2.45) is 0 Å². The molecule has 0 heterocycles. The van der Waals surface area contributed by atoms with E-state index in [1.165, 1.54) is 0 Å². The van der Waals surface area contributed by atoms with Gasteiger partial charge in [0.05, 0.1) is 6.10 Å². The van der Waals surface area contributed by atoms with E-state index in [0.29, 0.717) is 25.8 Å². The van der Waals surface area contributed by atoms with Gasteiger partial charge >= 0.3 is 5.97 Å². The summed E-state index contributed by atoms with van der Waals surface area (Å²) in [5.74, 6) is -0.117. The summed E-state index contributed by atoms with van der Waals surface area (Å²) in [6.07, 6.45) is 1.65. The van der Waals surface area contributed by atoms with Crippen LogP contribution in [-0.2, 0) is 16.1 Å². The van der Waals surface area contributed by atoms with Crippen LogP contribution in [0.25, 0.3) is 0 Å². The van der Waals surface area contributed by atoms with Crippen molar-refractivity contribution in [3.8, 4) is 5.75 Å². The molecule has 21 heavy (non-hydrogen) atoms. The molecule has 0 aliphatic heterocycles. The Kier molecular flexibility index (Phi) is 7.29. The van der Waals surface area contributed by atoms with E-state index in [1.54, 1.807) is 0 Å². The molecule has 116 valence electrons. The van der Waals surface area contributed by atoms with E-state index in [9.17, 15) is 9.59 Å². The van der Waals surface area contributed by atoms with Crippen LogP contribution in [0.5, 0.6) is 5.75 Å². The highest BCUT2D eigenvalue weighted by atomic mass is 16.5. The van der Waals surface area contributed by atoms with Crippen LogP contribution in [0.4, 0.5) is 0 Å². The van der Waals surface area contributed by atoms with E-state index in [0.717, 1.165) is 11.3 Å². The third-order valence-electron chi connectivity index (χ3n) is 2.86. The summed E-state index contributed by atoms with van der Waals surface area (Å²) in [6.45, 7) is 4.33. The van der Waals surface area contributed by atoms with Gasteiger partial charge in [-0.3, -0.25) is 9.59 Å². The van der Waals surface area contributed by atoms with E-state index in [1.807, 2.05) is 38.1 Å². The van der Waals surface area contributed by atoms with Gasteiger partial charge < -0.3 is 15.2 Å². The molecule has 0 fully saturated rings. The highest BCUT2D eigenvalue weighted by molar-refractivity contribution is 5.76. The van der Waals surface area contributed by atoms with E-state index >= 15 is 0 Å². The number of rotatable bonds is 9. The standard InChI is InChI=1S/C16H23NO4/c1-12(2)21-14-8-4-3-7-13(14)11-17-15(18)9-5-6-10-16(19)20/h3-4,7-8,12H,5-6,9-11H2,1-2H3,(H,17,18)(H,19,20). The summed E-state index contributed by atoms with van der Waals surface area (Å²) in [5, 5.41) is 11.4. The molecule has 0 radical (unpaired) electrons. The Morgan fingerprint density at radius 1 is 1.19 bits per heavy atom. The zero-order chi connectivity index (χ0) is 15.7. The van der Waals surface area contributed by atoms with Crippen LogP contribution in [-0.4, -0.2) is 23.1 Å². The molecule has 1 aromatic carbocycles. The molecular formula is C16H23NO4. The van der Waals surface area contributed by atoms with Crippen LogP contribution in [0, 0.1) is 0 Å². The first-order valence-electron chi connectivity index (χ1n) is 7.22. The van der Waals surface area contributed by atoms with Gasteiger partial charge in [-0.2, -0.15) is 0 Å². The number of carboxylic acids is 1. The average molecular weight is 293 g/mol. The lowest BCUT2D eigenvalue weighted by Crippen LogP contribution is -2.23. The maximum atomic E-state index is 11.7. The predicted octanol–water partition coefficient (Wildman–Crippen LogP) is 2.74. The zero-order valence-electron chi connectivity index (χ0n) is 12.6. The zero-order valence-corrected chi connectivity index (χ0v) is 12.6. The average Bonchev–Trinajstić information content (AvgIpc) is 2.42. The van der Waals surface area contributed by atoms with Crippen molar-refractivity contribution < 1.29 is 19.4 Å². The normalized spacial score (nSPS) is 10.4. The maximum Gasteiger partial charge on any atom is 0.303 e. The first-order chi connectivity index (χ1) is 9.99. The quantitative estimate of drug-likeness (QED) is 0.686. The number of carbonyl (C=O) groups is 2. The molecule has 5 nitrogen and oxygen atoms in total. The number of carbonyl (C=O) groups excluding carboxylic acids is 1. The molecule has 1 amide bonds. The fourth-order valence-electron chi connectivity index (χ4n) is 1.86. The van der Waals surface area contributed by atoms with Gasteiger partial charge in [0.1, 0.15) is 5.75 Å². The fraction of sp³-hybridized carbons (Fsp3) is 0.500. The van der Waals surface area contributed by atoms with Crippen molar-refractivity contribution in [1.82, 2.24) is 5.32 Å². The van der Waals surface area contributed by atoms with E-state index in [2.05, 4.69) is 5.32 Å². The lowest BCUT2D eigenvalue weighted by Gasteiger charge is -2.14. The Labute approximate surface area is 125 Å². The van der Waals surface area contributed by atoms with Gasteiger partial charge in [-0.05, 0) is 32.8 Å². The number of ether oxygens (including phenoxy) is 1. The Balaban J connectivity index is 2.37. The molecule has 2 N–H and O–H groups in total. The Morgan fingerprint density at radius 2 is 1.86 bits per heavy atom. The second-order valence-corrected chi connectivity index (χ2v) is 5.15. The van der Waals surface area contributed by atoms with Crippen LogP contribution >= 0.6 is 0 Å². The first-order valence-corrected chi connectivity index (χ1v) is 7.22. The van der Waals surface area contributed by atoms with Gasteiger partial charge in [-0.15, -0.1) is 0 Å². The van der Waals surface area contributed by atoms with Crippen LogP contribution in [0.2, 0.25) is 0 Å². The number of para-hydroxylation sites is 1. The summed E-state index contributed by atoms with van der Waals surface area (Å²) in [5.41, 5.74) is 0.935. The number of benzene rings is 1. The molecule has 5 heteroatoms. The van der Waals surface area contributed by atoms with Gasteiger partial charge in [-0.1, -0.05) is 18.2 Å². The number of unbranched alkanes of at least 4 members (excludes halogenated alkanes) is 1. The van der Waals surface area contributed by atoms with E-state index < -0.39 is 5.97 Å². The highest BCUT2D eigenvalue weighted by Gasteiger charge is 2.07. The molecule has 1 rings (SSSR count). The first kappa shape index (κ1) is 17.0. The second kappa shape index (κ2) is 9.00. The molecule has 0 atom stereocenters. The van der Waals surface area contributed by atoms with Crippen LogP contribution < -0.4 is 10.1 Å². The molecule has 0 saturated heterocycles. The number of carboxylic acid groups (broad SMARTS) is 1. The summed E-state index contributed by atoms with van der Waals surface area (Å²) < 4.78 is 5.69. The molecule has 0 aliphatic carbocycles. The molecule has 0 unspecified atom stereocenters. The third kappa shape index (κ3) is 7.34. The van der Waals surface area contributed by atoms with Crippen LogP contribution in [0.15, 0.2) is 24.3 Å². The maximum absolute atomic E-state index is 11.7. The summed E-state index contributed by atoms with van der Waals surface area (Å²) in [6, 6.07) is 7.60. The molecule has 1 aromatic rings. The van der Waals surface area contributed by atoms with Crippen molar-refractivity contribution in [1.29, 1.82) is 0 Å². The van der Waals surface area contributed by atoms with Gasteiger partial charge in [0.25, 0.3) is 0 Å². The number of aliphatic carboxylic acids is 1. The fourth-order valence-corrected chi connectivity index (χ4v) is 1.86. The largest absolute Gasteiger partial charge is 0.491 e. The third-order valence-corrected chi connectivity index (χ3v) is 2.86. The molecular weight excluding hydrogens is 270 g/mol. The number of hydrogen-bond acceptors (Lipinski definition) is 3. The topological polar surface area (TPSA) is 75.6 Å². The number of hydrogen-bond donors (Lipinski definition) is 2. The summed E-state index contributed by atoms with van der Waals surface area (Å²) in [7, 11) is 0. The van der Waals surface area contributed by atoms with Crippen molar-refractivity contribution in [3.05, 3.63) is 29.8 Å². The van der Waals surface area contributed by atoms with Gasteiger partial charge in [0, 0.05) is 24.9 Å². The highest BCUT2D eigenvalue weighted by Crippen LogP contribution is 2.19. The second-order valence-electron chi connectivity index (χ2n) is 5.15. The summed E-state index contributed by atoms with van der Waals surface area (Å²) >= 11 is 0.